The van der Waals surface area contributed by atoms with Crippen molar-refractivity contribution in [3.63, 3.8) is 0 Å². The second-order valence-electron chi connectivity index (χ2n) is 4.46. The predicted octanol–water partition coefficient (Wildman–Crippen LogP) is 3.83. The molecule has 0 saturated heterocycles. The van der Waals surface area contributed by atoms with Crippen LogP contribution >= 0.6 is 38.5 Å². The minimum Gasteiger partial charge on any atom is -0.311 e. The van der Waals surface area contributed by atoms with Crippen molar-refractivity contribution in [2.75, 3.05) is 11.0 Å². The van der Waals surface area contributed by atoms with E-state index >= 15 is 0 Å². The standard InChI is InChI=1S/C13H23BrIN3/c1-3-11-13(14)12(18(2)17-11)10-16-9-7-5-4-6-8-15/h16H,3-10H2,1-2H3. The van der Waals surface area contributed by atoms with Crippen LogP contribution in [0.15, 0.2) is 4.47 Å². The van der Waals surface area contributed by atoms with E-state index in [9.17, 15) is 0 Å². The van der Waals surface area contributed by atoms with Crippen molar-refractivity contribution in [2.24, 2.45) is 7.05 Å². The van der Waals surface area contributed by atoms with Gasteiger partial charge in [-0.15, -0.1) is 0 Å². The van der Waals surface area contributed by atoms with Gasteiger partial charge in [-0.3, -0.25) is 4.68 Å². The topological polar surface area (TPSA) is 29.9 Å². The molecule has 1 aromatic heterocycles. The number of aromatic nitrogens is 2. The van der Waals surface area contributed by atoms with Crippen molar-refractivity contribution in [3.8, 4) is 0 Å². The lowest BCUT2D eigenvalue weighted by atomic mass is 10.2. The van der Waals surface area contributed by atoms with Crippen molar-refractivity contribution in [2.45, 2.75) is 45.6 Å². The number of nitrogens with zero attached hydrogens (tertiary/aromatic N) is 2. The number of rotatable bonds is 9. The van der Waals surface area contributed by atoms with E-state index in [1.54, 1.807) is 0 Å². The van der Waals surface area contributed by atoms with E-state index in [2.05, 4.69) is 55.9 Å². The highest BCUT2D eigenvalue weighted by molar-refractivity contribution is 14.1. The number of hydrogen-bond donors (Lipinski definition) is 1. The van der Waals surface area contributed by atoms with Gasteiger partial charge < -0.3 is 5.32 Å². The molecule has 0 aliphatic heterocycles. The summed E-state index contributed by atoms with van der Waals surface area (Å²) >= 11 is 6.09. The Morgan fingerprint density at radius 1 is 1.28 bits per heavy atom. The number of unbranched alkanes of at least 4 members (excludes halogenated alkanes) is 3. The highest BCUT2D eigenvalue weighted by Gasteiger charge is 2.11. The maximum absolute atomic E-state index is 4.50. The molecule has 0 saturated carbocycles. The molecule has 1 aromatic rings. The zero-order valence-corrected chi connectivity index (χ0v) is 15.1. The Balaban J connectivity index is 2.25. The number of hydrogen-bond acceptors (Lipinski definition) is 2. The van der Waals surface area contributed by atoms with E-state index in [0.717, 1.165) is 25.2 Å². The summed E-state index contributed by atoms with van der Waals surface area (Å²) in [6, 6.07) is 0. The molecule has 5 heteroatoms. The monoisotopic (exact) mass is 427 g/mol. The Kier molecular flexibility index (Phi) is 8.50. The van der Waals surface area contributed by atoms with Crippen molar-refractivity contribution < 1.29 is 0 Å². The number of nitrogens with one attached hydrogen (secondary N) is 1. The third kappa shape index (κ3) is 5.17. The summed E-state index contributed by atoms with van der Waals surface area (Å²) in [6.07, 6.45) is 6.30. The van der Waals surface area contributed by atoms with E-state index in [1.807, 2.05) is 11.7 Å². The van der Waals surface area contributed by atoms with Gasteiger partial charge in [0.1, 0.15) is 0 Å². The number of aryl methyl sites for hydroxylation is 2. The van der Waals surface area contributed by atoms with Crippen molar-refractivity contribution in [1.82, 2.24) is 15.1 Å². The molecule has 0 radical (unpaired) electrons. The van der Waals surface area contributed by atoms with E-state index in [1.165, 1.54) is 40.3 Å². The highest BCUT2D eigenvalue weighted by Crippen LogP contribution is 2.21. The number of alkyl halides is 1. The number of halogens is 2. The van der Waals surface area contributed by atoms with Crippen LogP contribution in [0.1, 0.15) is 44.0 Å². The minimum atomic E-state index is 0.899. The molecule has 0 aliphatic carbocycles. The predicted molar refractivity (Wildman–Crippen MR) is 89.3 cm³/mol. The van der Waals surface area contributed by atoms with E-state index in [4.69, 9.17) is 0 Å². The van der Waals surface area contributed by atoms with Gasteiger partial charge in [-0.05, 0) is 46.2 Å². The van der Waals surface area contributed by atoms with Gasteiger partial charge in [-0.2, -0.15) is 5.10 Å². The zero-order valence-electron chi connectivity index (χ0n) is 11.3. The van der Waals surface area contributed by atoms with Gasteiger partial charge in [-0.25, -0.2) is 0 Å². The summed E-state index contributed by atoms with van der Waals surface area (Å²) in [7, 11) is 2.02. The third-order valence-electron chi connectivity index (χ3n) is 3.03. The Hall–Kier alpha value is 0.380. The fourth-order valence-corrected chi connectivity index (χ4v) is 3.21. The average molecular weight is 428 g/mol. The second-order valence-corrected chi connectivity index (χ2v) is 6.34. The summed E-state index contributed by atoms with van der Waals surface area (Å²) in [5.74, 6) is 0. The molecule has 104 valence electrons. The molecule has 3 nitrogen and oxygen atoms in total. The smallest absolute Gasteiger partial charge is 0.0767 e. The molecule has 0 aromatic carbocycles. The van der Waals surface area contributed by atoms with Crippen LogP contribution in [0.5, 0.6) is 0 Å². The van der Waals surface area contributed by atoms with Crippen molar-refractivity contribution in [3.05, 3.63) is 15.9 Å². The Morgan fingerprint density at radius 2 is 2.00 bits per heavy atom. The van der Waals surface area contributed by atoms with Crippen LogP contribution in [0.3, 0.4) is 0 Å². The van der Waals surface area contributed by atoms with E-state index in [0.29, 0.717) is 0 Å². The van der Waals surface area contributed by atoms with Gasteiger partial charge in [0.25, 0.3) is 0 Å². The van der Waals surface area contributed by atoms with Gasteiger partial charge in [-0.1, -0.05) is 42.4 Å². The first kappa shape index (κ1) is 16.4. The first-order valence-corrected chi connectivity index (χ1v) is 8.99. The van der Waals surface area contributed by atoms with Crippen LogP contribution in [0.2, 0.25) is 0 Å². The summed E-state index contributed by atoms with van der Waals surface area (Å²) in [4.78, 5) is 0. The molecule has 0 fully saturated rings. The molecular formula is C13H23BrIN3. The van der Waals surface area contributed by atoms with Crippen molar-refractivity contribution in [1.29, 1.82) is 0 Å². The summed E-state index contributed by atoms with van der Waals surface area (Å²) in [5.41, 5.74) is 2.40. The minimum absolute atomic E-state index is 0.899. The molecule has 0 amide bonds. The van der Waals surface area contributed by atoms with Crippen LogP contribution in [-0.4, -0.2) is 20.8 Å². The fourth-order valence-electron chi connectivity index (χ4n) is 1.92. The Morgan fingerprint density at radius 3 is 2.61 bits per heavy atom. The Labute approximate surface area is 132 Å². The van der Waals surface area contributed by atoms with Gasteiger partial charge in [0.2, 0.25) is 0 Å². The van der Waals surface area contributed by atoms with Gasteiger partial charge in [0.05, 0.1) is 15.9 Å². The molecule has 0 atom stereocenters. The van der Waals surface area contributed by atoms with Gasteiger partial charge in [0.15, 0.2) is 0 Å². The van der Waals surface area contributed by atoms with Crippen LogP contribution < -0.4 is 5.32 Å². The molecule has 1 rings (SSSR count). The second kappa shape index (κ2) is 9.31. The quantitative estimate of drug-likeness (QED) is 0.368. The maximum Gasteiger partial charge on any atom is 0.0767 e. The molecular weight excluding hydrogens is 405 g/mol. The van der Waals surface area contributed by atoms with Gasteiger partial charge >= 0.3 is 0 Å². The molecule has 1 heterocycles. The molecule has 0 spiro atoms. The summed E-state index contributed by atoms with van der Waals surface area (Å²) in [5, 5.41) is 8.00. The van der Waals surface area contributed by atoms with Crippen LogP contribution in [0.4, 0.5) is 0 Å². The van der Waals surface area contributed by atoms with Crippen LogP contribution in [-0.2, 0) is 20.0 Å². The summed E-state index contributed by atoms with van der Waals surface area (Å²) in [6.45, 7) is 4.13. The van der Waals surface area contributed by atoms with Gasteiger partial charge in [0, 0.05) is 13.6 Å². The lowest BCUT2D eigenvalue weighted by Crippen LogP contribution is -2.17. The lowest BCUT2D eigenvalue weighted by molar-refractivity contribution is 0.577. The highest BCUT2D eigenvalue weighted by atomic mass is 127. The molecule has 18 heavy (non-hydrogen) atoms. The fraction of sp³-hybridized carbons (Fsp3) is 0.769. The SMILES string of the molecule is CCc1nn(C)c(CNCCCCCCI)c1Br. The molecule has 0 aliphatic rings. The van der Waals surface area contributed by atoms with Crippen LogP contribution in [0.25, 0.3) is 0 Å². The average Bonchev–Trinajstić information content (AvgIpc) is 2.64. The van der Waals surface area contributed by atoms with Crippen LogP contribution in [0, 0.1) is 0 Å². The first-order chi connectivity index (χ1) is 8.70. The van der Waals surface area contributed by atoms with E-state index in [-0.39, 0.29) is 0 Å². The Bertz CT molecular complexity index is 352. The maximum atomic E-state index is 4.50. The molecule has 1 N–H and O–H groups in total. The molecule has 0 bridgehead atoms. The van der Waals surface area contributed by atoms with Crippen molar-refractivity contribution >= 4 is 38.5 Å². The summed E-state index contributed by atoms with van der Waals surface area (Å²) < 4.78 is 4.43. The van der Waals surface area contributed by atoms with E-state index < -0.39 is 0 Å². The molecule has 0 unspecified atom stereocenters. The lowest BCUT2D eigenvalue weighted by Gasteiger charge is -2.05. The first-order valence-electron chi connectivity index (χ1n) is 6.67. The zero-order chi connectivity index (χ0) is 13.4. The largest absolute Gasteiger partial charge is 0.311 e. The third-order valence-corrected chi connectivity index (χ3v) is 4.71. The normalized spacial score (nSPS) is 11.1.